The monoisotopic (exact) mass is 527 g/mol. The van der Waals surface area contributed by atoms with Crippen LogP contribution in [-0.2, 0) is 28.4 Å². The van der Waals surface area contributed by atoms with Gasteiger partial charge in [-0.15, -0.1) is 0 Å². The van der Waals surface area contributed by atoms with Gasteiger partial charge in [-0.25, -0.2) is 17.8 Å². The quantitative estimate of drug-likeness (QED) is 0.365. The lowest BCUT2D eigenvalue weighted by atomic mass is 9.89. The molecule has 1 aromatic heterocycles. The summed E-state index contributed by atoms with van der Waals surface area (Å²) in [5.41, 5.74) is -0.250. The fraction of sp³-hybridized carbons (Fsp3) is 0.440. The SMILES string of the molecule is CC(C(=O)NCc1ccc(C(F)(F)F)nc1C=CC1CCCCC1)c1ccc(N(C)[SH](=O)=O)c(F)c1. The molecule has 1 unspecified atom stereocenters. The topological polar surface area (TPSA) is 79.4 Å². The number of carbonyl (C=O) groups is 1. The van der Waals surface area contributed by atoms with Crippen LogP contribution < -0.4 is 9.62 Å². The van der Waals surface area contributed by atoms with Gasteiger partial charge in [0.1, 0.15) is 11.5 Å². The Balaban J connectivity index is 1.75. The highest BCUT2D eigenvalue weighted by atomic mass is 32.2. The van der Waals surface area contributed by atoms with E-state index in [0.717, 1.165) is 48.5 Å². The molecule has 11 heteroatoms. The molecule has 36 heavy (non-hydrogen) atoms. The third kappa shape index (κ3) is 7.05. The molecule has 1 saturated carbocycles. The van der Waals surface area contributed by atoms with E-state index in [0.29, 0.717) is 11.1 Å². The minimum Gasteiger partial charge on any atom is -0.351 e. The summed E-state index contributed by atoms with van der Waals surface area (Å²) in [6.45, 7) is 1.50. The Bertz CT molecular complexity index is 1180. The maximum absolute atomic E-state index is 14.4. The number of nitrogens with zero attached hydrogens (tertiary/aromatic N) is 2. The highest BCUT2D eigenvalue weighted by Gasteiger charge is 2.33. The van der Waals surface area contributed by atoms with Crippen LogP contribution in [0.5, 0.6) is 0 Å². The number of benzene rings is 1. The van der Waals surface area contributed by atoms with Crippen molar-refractivity contribution in [3.05, 3.63) is 64.7 Å². The van der Waals surface area contributed by atoms with Crippen LogP contribution in [0.2, 0.25) is 0 Å². The van der Waals surface area contributed by atoms with Crippen LogP contribution in [0.25, 0.3) is 6.08 Å². The minimum atomic E-state index is -4.59. The summed E-state index contributed by atoms with van der Waals surface area (Å²) in [6, 6.07) is 6.00. The molecule has 1 aliphatic carbocycles. The standard InChI is InChI=1S/C25H29F4N3O3S/c1-16(18-9-12-22(20(26)14-18)32(2)36(34)35)24(33)30-15-19-10-13-23(25(27,28)29)31-21(19)11-8-17-6-4-3-5-7-17/h8-14,16-17,36H,3-7,15H2,1-2H3,(H,30,33). The molecule has 1 atom stereocenters. The first-order chi connectivity index (χ1) is 17.0. The van der Waals surface area contributed by atoms with Crippen molar-refractivity contribution in [1.29, 1.82) is 0 Å². The number of nitrogens with one attached hydrogen (secondary N) is 1. The van der Waals surface area contributed by atoms with E-state index < -0.39 is 40.4 Å². The van der Waals surface area contributed by atoms with Crippen molar-refractivity contribution in [2.75, 3.05) is 11.4 Å². The van der Waals surface area contributed by atoms with E-state index in [1.165, 1.54) is 25.2 Å². The summed E-state index contributed by atoms with van der Waals surface area (Å²) in [6.07, 6.45) is 4.19. The van der Waals surface area contributed by atoms with Crippen LogP contribution in [0.1, 0.15) is 67.5 Å². The number of hydrogen-bond donors (Lipinski definition) is 2. The van der Waals surface area contributed by atoms with Gasteiger partial charge in [0, 0.05) is 13.6 Å². The molecular formula is C25H29F4N3O3S. The summed E-state index contributed by atoms with van der Waals surface area (Å²) in [7, 11) is -1.81. The van der Waals surface area contributed by atoms with Gasteiger partial charge in [0.15, 0.2) is 0 Å². The number of aromatic nitrogens is 1. The lowest BCUT2D eigenvalue weighted by Crippen LogP contribution is -2.28. The predicted octanol–water partition coefficient (Wildman–Crippen LogP) is 5.22. The van der Waals surface area contributed by atoms with E-state index >= 15 is 0 Å². The van der Waals surface area contributed by atoms with Gasteiger partial charge in [0.25, 0.3) is 0 Å². The van der Waals surface area contributed by atoms with Crippen molar-refractivity contribution < 1.29 is 30.8 Å². The summed E-state index contributed by atoms with van der Waals surface area (Å²) in [4.78, 5) is 16.5. The second kappa shape index (κ2) is 11.9. The molecule has 1 amide bonds. The van der Waals surface area contributed by atoms with E-state index in [1.807, 2.05) is 6.08 Å². The van der Waals surface area contributed by atoms with Gasteiger partial charge in [0.2, 0.25) is 16.8 Å². The lowest BCUT2D eigenvalue weighted by molar-refractivity contribution is -0.141. The Morgan fingerprint density at radius 2 is 1.89 bits per heavy atom. The number of rotatable bonds is 8. The summed E-state index contributed by atoms with van der Waals surface area (Å²) in [5, 5.41) is 2.69. The fourth-order valence-corrected chi connectivity index (χ4v) is 4.48. The van der Waals surface area contributed by atoms with Crippen LogP contribution in [0, 0.1) is 11.7 Å². The zero-order valence-electron chi connectivity index (χ0n) is 20.0. The highest BCUT2D eigenvalue weighted by Crippen LogP contribution is 2.30. The average molecular weight is 528 g/mol. The molecule has 0 saturated heterocycles. The van der Waals surface area contributed by atoms with E-state index in [2.05, 4.69) is 10.3 Å². The molecule has 196 valence electrons. The van der Waals surface area contributed by atoms with E-state index in [-0.39, 0.29) is 23.8 Å². The smallest absolute Gasteiger partial charge is 0.351 e. The van der Waals surface area contributed by atoms with Crippen molar-refractivity contribution in [1.82, 2.24) is 10.3 Å². The van der Waals surface area contributed by atoms with Crippen LogP contribution >= 0.6 is 0 Å². The number of anilines is 1. The lowest BCUT2D eigenvalue weighted by Gasteiger charge is -2.18. The zero-order valence-corrected chi connectivity index (χ0v) is 20.9. The molecule has 0 aliphatic heterocycles. The Hall–Kier alpha value is -2.95. The summed E-state index contributed by atoms with van der Waals surface area (Å²) in [5.74, 6) is -1.76. The molecule has 1 aromatic carbocycles. The predicted molar refractivity (Wildman–Crippen MR) is 130 cm³/mol. The van der Waals surface area contributed by atoms with Gasteiger partial charge in [-0.05, 0) is 61.1 Å². The molecule has 3 rings (SSSR count). The maximum Gasteiger partial charge on any atom is 0.433 e. The number of carbonyl (C=O) groups excluding carboxylic acids is 1. The molecule has 1 fully saturated rings. The second-order valence-corrected chi connectivity index (χ2v) is 9.98. The Labute approximate surface area is 209 Å². The van der Waals surface area contributed by atoms with Gasteiger partial charge >= 0.3 is 6.18 Å². The van der Waals surface area contributed by atoms with E-state index in [9.17, 15) is 30.8 Å². The molecular weight excluding hydrogens is 498 g/mol. The fourth-order valence-electron chi connectivity index (χ4n) is 4.14. The molecule has 2 aromatic rings. The van der Waals surface area contributed by atoms with Crippen LogP contribution in [-0.4, -0.2) is 26.4 Å². The first kappa shape index (κ1) is 27.6. The minimum absolute atomic E-state index is 0.0569. The number of halogens is 4. The van der Waals surface area contributed by atoms with Crippen molar-refractivity contribution in [2.24, 2.45) is 5.92 Å². The van der Waals surface area contributed by atoms with E-state index in [4.69, 9.17) is 0 Å². The number of allylic oxidation sites excluding steroid dienone is 1. The number of amides is 1. The first-order valence-corrected chi connectivity index (χ1v) is 12.8. The van der Waals surface area contributed by atoms with Gasteiger partial charge < -0.3 is 5.32 Å². The van der Waals surface area contributed by atoms with Gasteiger partial charge in [-0.2, -0.15) is 13.2 Å². The largest absolute Gasteiger partial charge is 0.433 e. The number of pyridine rings is 1. The molecule has 6 nitrogen and oxygen atoms in total. The number of thiol groups is 1. The summed E-state index contributed by atoms with van der Waals surface area (Å²) < 4.78 is 77.1. The Kier molecular flexibility index (Phi) is 9.10. The van der Waals surface area contributed by atoms with Gasteiger partial charge in [0.05, 0.1) is 17.3 Å². The van der Waals surface area contributed by atoms with Crippen molar-refractivity contribution in [3.8, 4) is 0 Å². The van der Waals surface area contributed by atoms with Gasteiger partial charge in [-0.3, -0.25) is 9.10 Å². The highest BCUT2D eigenvalue weighted by molar-refractivity contribution is 7.74. The Morgan fingerprint density at radius 3 is 2.50 bits per heavy atom. The van der Waals surface area contributed by atoms with Crippen LogP contribution in [0.15, 0.2) is 36.4 Å². The molecule has 1 N–H and O–H groups in total. The first-order valence-electron chi connectivity index (χ1n) is 11.7. The zero-order chi connectivity index (χ0) is 26.5. The molecule has 1 heterocycles. The molecule has 1 aliphatic rings. The van der Waals surface area contributed by atoms with Crippen molar-refractivity contribution in [3.63, 3.8) is 0 Å². The van der Waals surface area contributed by atoms with Crippen LogP contribution in [0.4, 0.5) is 23.2 Å². The third-order valence-electron chi connectivity index (χ3n) is 6.39. The maximum atomic E-state index is 14.4. The third-order valence-corrected chi connectivity index (χ3v) is 7.10. The van der Waals surface area contributed by atoms with Gasteiger partial charge in [-0.1, -0.05) is 37.5 Å². The number of alkyl halides is 3. The molecule has 0 bridgehead atoms. The van der Waals surface area contributed by atoms with Crippen molar-refractivity contribution >= 4 is 28.6 Å². The van der Waals surface area contributed by atoms with Crippen LogP contribution in [0.3, 0.4) is 0 Å². The Morgan fingerprint density at radius 1 is 1.19 bits per heavy atom. The molecule has 0 radical (unpaired) electrons. The normalized spacial score (nSPS) is 15.9. The van der Waals surface area contributed by atoms with E-state index in [1.54, 1.807) is 13.0 Å². The second-order valence-electron chi connectivity index (χ2n) is 8.91. The molecule has 0 spiro atoms. The number of hydrogen-bond acceptors (Lipinski definition) is 4. The summed E-state index contributed by atoms with van der Waals surface area (Å²) >= 11 is 0. The van der Waals surface area contributed by atoms with Crippen molar-refractivity contribution in [2.45, 2.75) is 57.7 Å². The average Bonchev–Trinajstić information content (AvgIpc) is 2.85.